The highest BCUT2D eigenvalue weighted by Gasteiger charge is 2.41. The van der Waals surface area contributed by atoms with Gasteiger partial charge in [-0.25, -0.2) is 15.0 Å². The molecule has 4 heterocycles. The van der Waals surface area contributed by atoms with Gasteiger partial charge < -0.3 is 15.2 Å². The van der Waals surface area contributed by atoms with Crippen LogP contribution in [0.3, 0.4) is 0 Å². The zero-order valence-corrected chi connectivity index (χ0v) is 20.9. The Hall–Kier alpha value is -3.66. The highest BCUT2D eigenvalue weighted by atomic mass is 16.2. The molecule has 3 aromatic rings. The first-order chi connectivity index (χ1) is 16.7. The standard InChI is InChI=1S/C28H32N6O/c1-6-20-14-17(2)21(15-30-20)24-22(23-25(29)31-16-32-26(23)33(24)5)19-9-11-28(4,12-10-19)27(35)34-13-7-8-18(34)3/h1,9,14-16,18H,7-8,10-13H2,2-5H3,(H2,29,31,32)/t18-,28+/m1/s1. The Morgan fingerprint density at radius 1 is 1.31 bits per heavy atom. The molecule has 7 heteroatoms. The van der Waals surface area contributed by atoms with Crippen LogP contribution in [0.1, 0.15) is 62.8 Å². The van der Waals surface area contributed by atoms with E-state index < -0.39 is 0 Å². The number of aryl methyl sites for hydroxylation is 2. The van der Waals surface area contributed by atoms with Crippen molar-refractivity contribution in [2.24, 2.45) is 12.5 Å². The molecule has 0 spiro atoms. The van der Waals surface area contributed by atoms with Crippen molar-refractivity contribution in [2.45, 2.75) is 58.9 Å². The van der Waals surface area contributed by atoms with E-state index in [1.165, 1.54) is 11.9 Å². The van der Waals surface area contributed by atoms with Crippen LogP contribution in [0.2, 0.25) is 0 Å². The minimum absolute atomic E-state index is 0.281. The summed E-state index contributed by atoms with van der Waals surface area (Å²) in [6.07, 6.45) is 15.6. The van der Waals surface area contributed by atoms with E-state index in [0.717, 1.165) is 65.6 Å². The van der Waals surface area contributed by atoms with Crippen LogP contribution in [-0.4, -0.2) is 42.9 Å². The smallest absolute Gasteiger partial charge is 0.229 e. The monoisotopic (exact) mass is 468 g/mol. The van der Waals surface area contributed by atoms with Gasteiger partial charge in [0.25, 0.3) is 0 Å². The molecule has 1 saturated heterocycles. The van der Waals surface area contributed by atoms with E-state index in [1.54, 1.807) is 0 Å². The molecule has 0 aromatic carbocycles. The van der Waals surface area contributed by atoms with E-state index in [-0.39, 0.29) is 11.3 Å². The van der Waals surface area contributed by atoms with Crippen molar-refractivity contribution in [3.05, 3.63) is 41.5 Å². The van der Waals surface area contributed by atoms with Crippen molar-refractivity contribution in [3.8, 4) is 23.6 Å². The fourth-order valence-corrected chi connectivity index (χ4v) is 5.75. The van der Waals surface area contributed by atoms with E-state index >= 15 is 0 Å². The molecule has 2 atom stereocenters. The number of likely N-dealkylation sites (tertiary alicyclic amines) is 1. The number of aromatic nitrogens is 4. The lowest BCUT2D eigenvalue weighted by molar-refractivity contribution is -0.142. The van der Waals surface area contributed by atoms with Gasteiger partial charge in [0.15, 0.2) is 0 Å². The van der Waals surface area contributed by atoms with Gasteiger partial charge in [0.2, 0.25) is 5.91 Å². The van der Waals surface area contributed by atoms with E-state index in [4.69, 9.17) is 12.2 Å². The van der Waals surface area contributed by atoms with Gasteiger partial charge in [-0.2, -0.15) is 0 Å². The number of carbonyl (C=O) groups is 1. The summed E-state index contributed by atoms with van der Waals surface area (Å²) in [6.45, 7) is 7.18. The molecule has 1 fully saturated rings. The van der Waals surface area contributed by atoms with Gasteiger partial charge in [0.05, 0.1) is 16.5 Å². The molecule has 0 radical (unpaired) electrons. The number of allylic oxidation sites excluding steroid dienone is 2. The second-order valence-electron chi connectivity index (χ2n) is 10.3. The van der Waals surface area contributed by atoms with Gasteiger partial charge in [-0.3, -0.25) is 4.79 Å². The Morgan fingerprint density at radius 2 is 2.11 bits per heavy atom. The van der Waals surface area contributed by atoms with Gasteiger partial charge >= 0.3 is 0 Å². The largest absolute Gasteiger partial charge is 0.383 e. The number of nitrogens with two attached hydrogens (primary N) is 1. The average molecular weight is 469 g/mol. The first-order valence-electron chi connectivity index (χ1n) is 12.3. The number of carbonyl (C=O) groups excluding carboxylic acids is 1. The molecule has 35 heavy (non-hydrogen) atoms. The van der Waals surface area contributed by atoms with E-state index in [2.05, 4.69) is 50.3 Å². The summed E-state index contributed by atoms with van der Waals surface area (Å²) in [7, 11) is 1.99. The van der Waals surface area contributed by atoms with Crippen LogP contribution < -0.4 is 5.73 Å². The molecule has 5 rings (SSSR count). The normalized spacial score (nSPS) is 22.3. The minimum atomic E-state index is -0.388. The molecule has 1 aliphatic carbocycles. The Balaban J connectivity index is 1.63. The van der Waals surface area contributed by atoms with Crippen molar-refractivity contribution < 1.29 is 4.79 Å². The summed E-state index contributed by atoms with van der Waals surface area (Å²) in [6, 6.07) is 2.25. The van der Waals surface area contributed by atoms with Crippen molar-refractivity contribution in [1.29, 1.82) is 0 Å². The summed E-state index contributed by atoms with van der Waals surface area (Å²) in [5.41, 5.74) is 12.6. The topological polar surface area (TPSA) is 89.9 Å². The number of nitrogen functional groups attached to an aromatic ring is 1. The number of pyridine rings is 1. The van der Waals surface area contributed by atoms with Crippen LogP contribution >= 0.6 is 0 Å². The van der Waals surface area contributed by atoms with Gasteiger partial charge in [0.1, 0.15) is 23.5 Å². The van der Waals surface area contributed by atoms with E-state index in [9.17, 15) is 4.79 Å². The number of anilines is 1. The summed E-state index contributed by atoms with van der Waals surface area (Å²) in [5.74, 6) is 3.35. The molecule has 7 nitrogen and oxygen atoms in total. The lowest BCUT2D eigenvalue weighted by Gasteiger charge is -2.37. The lowest BCUT2D eigenvalue weighted by atomic mass is 9.73. The number of hydrogen-bond donors (Lipinski definition) is 1. The lowest BCUT2D eigenvalue weighted by Crippen LogP contribution is -2.44. The summed E-state index contributed by atoms with van der Waals surface area (Å²) < 4.78 is 2.06. The SMILES string of the molecule is C#Cc1cc(C)c(-c2c(C3=CC[C@](C)(C(=O)N4CCC[C@H]4C)CC3)c3c(N)ncnc3n2C)cn1. The maximum absolute atomic E-state index is 13.5. The third-order valence-corrected chi connectivity index (χ3v) is 7.91. The van der Waals surface area contributed by atoms with Crippen LogP contribution in [0.25, 0.3) is 27.9 Å². The maximum atomic E-state index is 13.5. The second kappa shape index (κ2) is 8.53. The molecule has 3 aromatic heterocycles. The molecule has 2 N–H and O–H groups in total. The zero-order chi connectivity index (χ0) is 24.9. The fourth-order valence-electron chi connectivity index (χ4n) is 5.75. The van der Waals surface area contributed by atoms with E-state index in [0.29, 0.717) is 24.0 Å². The van der Waals surface area contributed by atoms with Crippen molar-refractivity contribution >= 4 is 28.3 Å². The number of hydrogen-bond acceptors (Lipinski definition) is 5. The first kappa shape index (κ1) is 23.1. The Bertz CT molecular complexity index is 1410. The maximum Gasteiger partial charge on any atom is 0.229 e. The second-order valence-corrected chi connectivity index (χ2v) is 10.3. The van der Waals surface area contributed by atoms with Gasteiger partial charge in [-0.1, -0.05) is 18.9 Å². The first-order valence-corrected chi connectivity index (χ1v) is 12.3. The summed E-state index contributed by atoms with van der Waals surface area (Å²) in [4.78, 5) is 28.9. The summed E-state index contributed by atoms with van der Waals surface area (Å²) in [5, 5.41) is 0.847. The molecular weight excluding hydrogens is 436 g/mol. The molecule has 1 amide bonds. The predicted octanol–water partition coefficient (Wildman–Crippen LogP) is 4.49. The third-order valence-electron chi connectivity index (χ3n) is 7.91. The molecular formula is C28H32N6O. The van der Waals surface area contributed by atoms with Crippen LogP contribution in [0.4, 0.5) is 5.82 Å². The van der Waals surface area contributed by atoms with Crippen molar-refractivity contribution in [3.63, 3.8) is 0 Å². The Morgan fingerprint density at radius 3 is 2.74 bits per heavy atom. The number of amides is 1. The van der Waals surface area contributed by atoms with Gasteiger partial charge in [0, 0.05) is 37.0 Å². The van der Waals surface area contributed by atoms with Crippen LogP contribution in [0, 0.1) is 24.7 Å². The third kappa shape index (κ3) is 3.68. The van der Waals surface area contributed by atoms with Crippen LogP contribution in [-0.2, 0) is 11.8 Å². The number of fused-ring (bicyclic) bond motifs is 1. The van der Waals surface area contributed by atoms with Crippen LogP contribution in [0.15, 0.2) is 24.7 Å². The van der Waals surface area contributed by atoms with Gasteiger partial charge in [-0.15, -0.1) is 6.42 Å². The quantitative estimate of drug-likeness (QED) is 0.572. The molecule has 180 valence electrons. The average Bonchev–Trinajstić information content (AvgIpc) is 3.40. The zero-order valence-electron chi connectivity index (χ0n) is 20.9. The van der Waals surface area contributed by atoms with Crippen molar-refractivity contribution in [1.82, 2.24) is 24.4 Å². The van der Waals surface area contributed by atoms with E-state index in [1.807, 2.05) is 26.2 Å². The number of terminal acetylenes is 1. The highest BCUT2D eigenvalue weighted by molar-refractivity contribution is 6.04. The van der Waals surface area contributed by atoms with Crippen molar-refractivity contribution in [2.75, 3.05) is 12.3 Å². The summed E-state index contributed by atoms with van der Waals surface area (Å²) >= 11 is 0. The molecule has 1 aliphatic heterocycles. The molecule has 0 bridgehead atoms. The van der Waals surface area contributed by atoms with Gasteiger partial charge in [-0.05, 0) is 63.2 Å². The predicted molar refractivity (Wildman–Crippen MR) is 139 cm³/mol. The fraction of sp³-hybridized carbons (Fsp3) is 0.429. The molecule has 0 unspecified atom stereocenters. The minimum Gasteiger partial charge on any atom is -0.383 e. The molecule has 2 aliphatic rings. The van der Waals surface area contributed by atoms with Crippen LogP contribution in [0.5, 0.6) is 0 Å². The Labute approximate surface area is 206 Å². The number of nitrogens with zero attached hydrogens (tertiary/aromatic N) is 5. The Kier molecular flexibility index (Phi) is 5.63. The molecule has 0 saturated carbocycles. The number of rotatable bonds is 3. The highest BCUT2D eigenvalue weighted by Crippen LogP contribution is 2.46.